The van der Waals surface area contributed by atoms with Gasteiger partial charge < -0.3 is 28.4 Å². The zero-order chi connectivity index (χ0) is 39.6. The second kappa shape index (κ2) is 15.6. The van der Waals surface area contributed by atoms with Gasteiger partial charge >= 0.3 is 5.97 Å². The maximum atomic E-state index is 13.1. The Labute approximate surface area is 306 Å². The number of azo groups is 2. The van der Waals surface area contributed by atoms with Crippen molar-refractivity contribution in [1.82, 2.24) is 9.78 Å². The second-order valence-corrected chi connectivity index (χ2v) is 16.1. The molecule has 0 saturated carbocycles. The van der Waals surface area contributed by atoms with Gasteiger partial charge in [-0.15, -0.1) is 14.6 Å². The highest BCUT2D eigenvalue weighted by Gasteiger charge is 2.26. The van der Waals surface area contributed by atoms with Crippen LogP contribution in [0.15, 0.2) is 113 Å². The minimum Gasteiger partial charge on any atom is -0.748 e. The van der Waals surface area contributed by atoms with Crippen molar-refractivity contribution in [1.29, 1.82) is 0 Å². The van der Waals surface area contributed by atoms with E-state index in [-0.39, 0.29) is 32.7 Å². The fourth-order valence-electron chi connectivity index (χ4n) is 4.59. The molecule has 0 aliphatic rings. The van der Waals surface area contributed by atoms with Crippen LogP contribution in [0.1, 0.15) is 10.5 Å². The summed E-state index contributed by atoms with van der Waals surface area (Å²) in [5.74, 6) is -3.00. The first-order valence-corrected chi connectivity index (χ1v) is 19.9. The third kappa shape index (κ3) is 9.09. The monoisotopic (exact) mass is 827 g/mol. The molecule has 1 unspecified atom stereocenters. The maximum absolute atomic E-state index is 13.1. The van der Waals surface area contributed by atoms with Gasteiger partial charge in [-0.2, -0.15) is 18.6 Å². The summed E-state index contributed by atoms with van der Waals surface area (Å²) in [4.78, 5) is 28.0. The zero-order valence-electron chi connectivity index (χ0n) is 26.5. The molecular weight excluding hydrogens is 805 g/mol. The first kappa shape index (κ1) is 39.9. The Kier molecular flexibility index (Phi) is 11.5. The van der Waals surface area contributed by atoms with E-state index >= 15 is 0 Å². The van der Waals surface area contributed by atoms with Gasteiger partial charge in [0.05, 0.1) is 44.1 Å². The van der Waals surface area contributed by atoms with E-state index in [1.54, 1.807) is 0 Å². The van der Waals surface area contributed by atoms with Crippen molar-refractivity contribution in [3.05, 3.63) is 88.8 Å². The van der Waals surface area contributed by atoms with E-state index in [1.807, 2.05) is 0 Å². The number of aromatic nitrogens is 2. The van der Waals surface area contributed by atoms with Crippen molar-refractivity contribution < 1.29 is 68.0 Å². The molecule has 5 rings (SSSR count). The smallest absolute Gasteiger partial charge is 0.356 e. The number of aromatic hydroxyl groups is 1. The molecule has 1 aromatic heterocycles. The van der Waals surface area contributed by atoms with Crippen LogP contribution in [0.5, 0.6) is 5.75 Å². The first-order valence-electron chi connectivity index (χ1n) is 14.3. The van der Waals surface area contributed by atoms with Crippen molar-refractivity contribution in [2.75, 3.05) is 12.4 Å². The highest BCUT2D eigenvalue weighted by atomic mass is 32.3. The van der Waals surface area contributed by atoms with Crippen LogP contribution in [0.4, 0.5) is 22.7 Å². The molecule has 0 amide bonds. The molecule has 0 radical (unpaired) electrons. The number of aromatic carboxylic acids is 1. The van der Waals surface area contributed by atoms with Crippen molar-refractivity contribution in [3.63, 3.8) is 0 Å². The lowest BCUT2D eigenvalue weighted by Gasteiger charge is -2.22. The Hall–Kier alpha value is -5.26. The van der Waals surface area contributed by atoms with Gasteiger partial charge in [0.25, 0.3) is 15.7 Å². The molecule has 0 spiro atoms. The van der Waals surface area contributed by atoms with Crippen LogP contribution < -0.4 is 5.56 Å². The molecule has 1 heterocycles. The minimum atomic E-state index is -4.55. The molecule has 0 aliphatic carbocycles. The summed E-state index contributed by atoms with van der Waals surface area (Å²) < 4.78 is 112. The van der Waals surface area contributed by atoms with Gasteiger partial charge in [0, 0.05) is 5.39 Å². The summed E-state index contributed by atoms with van der Waals surface area (Å²) in [5, 5.41) is 38.6. The number of carbonyl (C=O) groups is 1. The third-order valence-corrected chi connectivity index (χ3v) is 10.7. The topological polar surface area (TPSA) is 353 Å². The molecule has 7 N–H and O–H groups in total. The van der Waals surface area contributed by atoms with Gasteiger partial charge in [-0.25, -0.2) is 27.0 Å². The molecule has 0 saturated heterocycles. The number of H-pyrrole nitrogens is 1. The fourth-order valence-corrected chi connectivity index (χ4v) is 6.97. The normalized spacial score (nSPS) is 13.6. The Morgan fingerprint density at radius 2 is 1.43 bits per heavy atom. The molecule has 1 atom stereocenters. The number of nitrogens with one attached hydrogen (secondary N) is 1. The minimum absolute atomic E-state index is 0.00142. The van der Waals surface area contributed by atoms with E-state index in [4.69, 9.17) is 0 Å². The second-order valence-electron chi connectivity index (χ2n) is 10.6. The van der Waals surface area contributed by atoms with Crippen molar-refractivity contribution in [2.45, 2.75) is 14.7 Å². The van der Waals surface area contributed by atoms with Gasteiger partial charge in [0.2, 0.25) is 0 Å². The number of rotatable bonds is 14. The highest BCUT2D eigenvalue weighted by Crippen LogP contribution is 2.54. The van der Waals surface area contributed by atoms with Crippen LogP contribution >= 0.6 is 10.9 Å². The standard InChI is InChI=1S/C28H24N6O16S4/c35-26-21-14-17(30-32-24-25(28(37)38)33-34(27(24)36)18-5-9-20(10-6-18)53(43,44)45)2-1-15(21)13-22(54(46,47)48)23(26)31-29-16-3-7-19(8-4-16)52(41,42)12-11-49-50-51(39)40/h1-10,13-14,33,35,46-48H,11-12H2,(H,37,38)(H,39,40)(H,43,44,45)/p-1. The number of phenolic OH excluding ortho intramolecular Hbond substituents is 1. The van der Waals surface area contributed by atoms with Crippen LogP contribution in [0.2, 0.25) is 0 Å². The van der Waals surface area contributed by atoms with Crippen LogP contribution in [-0.2, 0) is 40.5 Å². The van der Waals surface area contributed by atoms with Gasteiger partial charge in [-0.1, -0.05) is 6.07 Å². The van der Waals surface area contributed by atoms with E-state index in [9.17, 15) is 63.6 Å². The van der Waals surface area contributed by atoms with Crippen molar-refractivity contribution >= 4 is 81.7 Å². The number of hydrogen-bond donors (Lipinski definition) is 7. The summed E-state index contributed by atoms with van der Waals surface area (Å²) in [7, 11) is -13.0. The quantitative estimate of drug-likeness (QED) is 0.0195. The van der Waals surface area contributed by atoms with E-state index in [0.717, 1.165) is 47.1 Å². The Bertz CT molecular complexity index is 2620. The lowest BCUT2D eigenvalue weighted by Crippen LogP contribution is -2.14. The number of sulfone groups is 1. The van der Waals surface area contributed by atoms with Crippen molar-refractivity contribution in [2.24, 2.45) is 20.5 Å². The molecule has 286 valence electrons. The number of carboxylic acids is 1. The number of carboxylic acid groups (broad SMARTS) is 1. The van der Waals surface area contributed by atoms with Crippen LogP contribution in [0, 0.1) is 0 Å². The number of nitrogens with zero attached hydrogens (tertiary/aromatic N) is 5. The van der Waals surface area contributed by atoms with Gasteiger partial charge in [-0.3, -0.25) is 14.4 Å². The van der Waals surface area contributed by atoms with E-state index < -0.39 is 98.7 Å². The predicted molar refractivity (Wildman–Crippen MR) is 185 cm³/mol. The molecule has 0 aliphatic heterocycles. The number of aromatic amines is 1. The Balaban J connectivity index is 1.47. The average Bonchev–Trinajstić information content (AvgIpc) is 3.44. The molecule has 4 aromatic carbocycles. The SMILES string of the molecule is O=C(O)c1[nH]n(-c2ccc(S(=O)(=O)O)cc2)c(=O)c1N=Nc1ccc2cc(S(O)(O)O)c(N=Nc3ccc(S(=O)(=O)CCOOS(=O)[O-])cc3)c(O)c2c1. The third-order valence-electron chi connectivity index (χ3n) is 7.07. The number of phenols is 1. The highest BCUT2D eigenvalue weighted by molar-refractivity contribution is 8.19. The maximum Gasteiger partial charge on any atom is 0.356 e. The lowest BCUT2D eigenvalue weighted by molar-refractivity contribution is -0.196. The van der Waals surface area contributed by atoms with Crippen LogP contribution in [-0.4, -0.2) is 82.1 Å². The summed E-state index contributed by atoms with van der Waals surface area (Å²) in [6.07, 6.45) is 0. The zero-order valence-corrected chi connectivity index (χ0v) is 29.7. The Morgan fingerprint density at radius 3 is 2.02 bits per heavy atom. The molecule has 0 fully saturated rings. The summed E-state index contributed by atoms with van der Waals surface area (Å²) >= 11 is -3.01. The van der Waals surface area contributed by atoms with E-state index in [0.29, 0.717) is 0 Å². The first-order chi connectivity index (χ1) is 25.3. The molecule has 22 nitrogen and oxygen atoms in total. The molecule has 5 aromatic rings. The summed E-state index contributed by atoms with van der Waals surface area (Å²) in [5.41, 5.74) is -3.10. The van der Waals surface area contributed by atoms with E-state index in [1.165, 1.54) is 30.3 Å². The van der Waals surface area contributed by atoms with E-state index in [2.05, 4.69) is 34.8 Å². The van der Waals surface area contributed by atoms with Gasteiger partial charge in [0.1, 0.15) is 27.9 Å². The van der Waals surface area contributed by atoms with Crippen LogP contribution in [0.25, 0.3) is 16.5 Å². The van der Waals surface area contributed by atoms with Crippen LogP contribution in [0.3, 0.4) is 0 Å². The lowest BCUT2D eigenvalue weighted by atomic mass is 10.1. The summed E-state index contributed by atoms with van der Waals surface area (Å²) in [6, 6.07) is 13.7. The molecule has 0 bridgehead atoms. The number of hydrogen-bond acceptors (Lipinski definition) is 18. The average molecular weight is 828 g/mol. The predicted octanol–water partition coefficient (Wildman–Crippen LogP) is 4.90. The van der Waals surface area contributed by atoms with Crippen molar-refractivity contribution in [3.8, 4) is 11.4 Å². The summed E-state index contributed by atoms with van der Waals surface area (Å²) in [6.45, 7) is -0.605. The van der Waals surface area contributed by atoms with Gasteiger partial charge in [-0.05, 0) is 72.1 Å². The largest absolute Gasteiger partial charge is 0.748 e. The van der Waals surface area contributed by atoms with Gasteiger partial charge in [0.15, 0.2) is 27.0 Å². The molecular formula is C28H23N6O16S4-. The Morgan fingerprint density at radius 1 is 0.833 bits per heavy atom. The number of benzene rings is 4. The molecule has 26 heteroatoms. The molecule has 54 heavy (non-hydrogen) atoms. The number of fused-ring (bicyclic) bond motifs is 1. The fraction of sp³-hybridized carbons (Fsp3) is 0.0714.